The monoisotopic (exact) mass is 347 g/mol. The quantitative estimate of drug-likeness (QED) is 0.557. The van der Waals surface area contributed by atoms with Crippen LogP contribution in [0.5, 0.6) is 0 Å². The molecule has 0 saturated carbocycles. The number of carbonyl (C=O) groups excluding carboxylic acids is 1. The summed E-state index contributed by atoms with van der Waals surface area (Å²) in [6.07, 6.45) is 3.31. The second-order valence-corrected chi connectivity index (χ2v) is 6.91. The van der Waals surface area contributed by atoms with Crippen LogP contribution in [-0.4, -0.2) is 38.4 Å². The summed E-state index contributed by atoms with van der Waals surface area (Å²) < 4.78 is 1.67. The second kappa shape index (κ2) is 9.42. The van der Waals surface area contributed by atoms with Crippen LogP contribution in [0.25, 0.3) is 5.69 Å². The van der Waals surface area contributed by atoms with Crippen molar-refractivity contribution in [3.8, 4) is 5.69 Å². The number of benzene rings is 1. The summed E-state index contributed by atoms with van der Waals surface area (Å²) in [5.41, 5.74) is 2.17. The standard InChI is InChI=1S/C17H25N5OS/c1-4-5-6-11-18-16(23)12-24-17-19-20-21-22(17)15-9-7-14(8-10-15)13(2)3/h7-10,13H,4-6,11-12H2,1-3H3,(H,18,23). The molecule has 2 rings (SSSR count). The molecule has 0 fully saturated rings. The number of carbonyl (C=O) groups is 1. The van der Waals surface area contributed by atoms with E-state index in [0.29, 0.717) is 16.8 Å². The maximum absolute atomic E-state index is 11.9. The fourth-order valence-corrected chi connectivity index (χ4v) is 2.94. The fraction of sp³-hybridized carbons (Fsp3) is 0.529. The third-order valence-corrected chi connectivity index (χ3v) is 4.60. The van der Waals surface area contributed by atoms with Crippen molar-refractivity contribution < 1.29 is 4.79 Å². The van der Waals surface area contributed by atoms with Gasteiger partial charge in [-0.2, -0.15) is 4.68 Å². The molecule has 1 aromatic heterocycles. The van der Waals surface area contributed by atoms with Crippen LogP contribution in [0.1, 0.15) is 51.5 Å². The van der Waals surface area contributed by atoms with Crippen molar-refractivity contribution in [2.24, 2.45) is 0 Å². The van der Waals surface area contributed by atoms with E-state index in [9.17, 15) is 4.79 Å². The number of hydrogen-bond donors (Lipinski definition) is 1. The topological polar surface area (TPSA) is 72.7 Å². The molecule has 0 bridgehead atoms. The van der Waals surface area contributed by atoms with Crippen molar-refractivity contribution in [3.05, 3.63) is 29.8 Å². The third-order valence-electron chi connectivity index (χ3n) is 3.68. The van der Waals surface area contributed by atoms with Crippen molar-refractivity contribution in [1.82, 2.24) is 25.5 Å². The van der Waals surface area contributed by atoms with Crippen LogP contribution in [0.2, 0.25) is 0 Å². The molecule has 1 heterocycles. The van der Waals surface area contributed by atoms with Gasteiger partial charge in [-0.3, -0.25) is 4.79 Å². The first kappa shape index (κ1) is 18.4. The lowest BCUT2D eigenvalue weighted by molar-refractivity contribution is -0.118. The summed E-state index contributed by atoms with van der Waals surface area (Å²) >= 11 is 1.35. The van der Waals surface area contributed by atoms with Gasteiger partial charge < -0.3 is 5.32 Å². The Morgan fingerprint density at radius 2 is 2.00 bits per heavy atom. The highest BCUT2D eigenvalue weighted by atomic mass is 32.2. The van der Waals surface area contributed by atoms with Gasteiger partial charge in [0.1, 0.15) is 0 Å². The van der Waals surface area contributed by atoms with E-state index < -0.39 is 0 Å². The number of tetrazole rings is 1. The van der Waals surface area contributed by atoms with Gasteiger partial charge in [0.2, 0.25) is 11.1 Å². The maximum atomic E-state index is 11.9. The van der Waals surface area contributed by atoms with Gasteiger partial charge in [0.25, 0.3) is 0 Å². The summed E-state index contributed by atoms with van der Waals surface area (Å²) in [5.74, 6) is 0.815. The number of nitrogens with one attached hydrogen (secondary N) is 1. The first-order valence-corrected chi connectivity index (χ1v) is 9.38. The van der Waals surface area contributed by atoms with E-state index in [2.05, 4.69) is 53.7 Å². The zero-order valence-electron chi connectivity index (χ0n) is 14.5. The third kappa shape index (κ3) is 5.33. The molecule has 24 heavy (non-hydrogen) atoms. The number of unbranched alkanes of at least 4 members (excludes halogenated alkanes) is 2. The van der Waals surface area contributed by atoms with Gasteiger partial charge >= 0.3 is 0 Å². The zero-order chi connectivity index (χ0) is 17.4. The molecule has 0 aliphatic heterocycles. The Morgan fingerprint density at radius 3 is 2.67 bits per heavy atom. The summed E-state index contributed by atoms with van der Waals surface area (Å²) in [6.45, 7) is 7.19. The van der Waals surface area contributed by atoms with Crippen molar-refractivity contribution in [2.45, 2.75) is 51.1 Å². The van der Waals surface area contributed by atoms with E-state index in [1.807, 2.05) is 12.1 Å². The van der Waals surface area contributed by atoms with Gasteiger partial charge in [-0.05, 0) is 40.5 Å². The van der Waals surface area contributed by atoms with Crippen LogP contribution in [0.3, 0.4) is 0 Å². The molecule has 0 unspecified atom stereocenters. The Bertz CT molecular complexity index is 639. The van der Waals surface area contributed by atoms with E-state index in [1.54, 1.807) is 4.68 Å². The number of amides is 1. The van der Waals surface area contributed by atoms with Crippen LogP contribution in [0.4, 0.5) is 0 Å². The average molecular weight is 347 g/mol. The number of aromatic nitrogens is 4. The molecule has 0 aliphatic rings. The van der Waals surface area contributed by atoms with E-state index in [-0.39, 0.29) is 5.91 Å². The van der Waals surface area contributed by atoms with Crippen LogP contribution in [-0.2, 0) is 4.79 Å². The molecule has 1 aromatic carbocycles. The van der Waals surface area contributed by atoms with Gasteiger partial charge in [-0.15, -0.1) is 5.10 Å². The number of rotatable bonds is 9. The molecule has 0 spiro atoms. The van der Waals surface area contributed by atoms with Crippen LogP contribution < -0.4 is 5.32 Å². The van der Waals surface area contributed by atoms with E-state index >= 15 is 0 Å². The Kier molecular flexibility index (Phi) is 7.24. The zero-order valence-corrected chi connectivity index (χ0v) is 15.3. The molecule has 1 amide bonds. The molecule has 1 N–H and O–H groups in total. The molecule has 0 saturated heterocycles. The van der Waals surface area contributed by atoms with Crippen LogP contribution in [0.15, 0.2) is 29.4 Å². The predicted molar refractivity (Wildman–Crippen MR) is 96.5 cm³/mol. The second-order valence-electron chi connectivity index (χ2n) is 5.97. The molecule has 6 nitrogen and oxygen atoms in total. The summed E-state index contributed by atoms with van der Waals surface area (Å²) in [7, 11) is 0. The number of hydrogen-bond acceptors (Lipinski definition) is 5. The smallest absolute Gasteiger partial charge is 0.230 e. The van der Waals surface area contributed by atoms with E-state index in [0.717, 1.165) is 31.5 Å². The molecule has 2 aromatic rings. The van der Waals surface area contributed by atoms with Gasteiger partial charge in [0, 0.05) is 6.54 Å². The Balaban J connectivity index is 1.91. The Hall–Kier alpha value is -1.89. The molecule has 0 radical (unpaired) electrons. The SMILES string of the molecule is CCCCCNC(=O)CSc1nnnn1-c1ccc(C(C)C)cc1. The highest BCUT2D eigenvalue weighted by Gasteiger charge is 2.11. The lowest BCUT2D eigenvalue weighted by Gasteiger charge is -2.08. The minimum Gasteiger partial charge on any atom is -0.355 e. The van der Waals surface area contributed by atoms with Crippen molar-refractivity contribution in [3.63, 3.8) is 0 Å². The van der Waals surface area contributed by atoms with Crippen LogP contribution >= 0.6 is 11.8 Å². The van der Waals surface area contributed by atoms with Gasteiger partial charge in [-0.25, -0.2) is 0 Å². The summed E-state index contributed by atoms with van der Waals surface area (Å²) in [6, 6.07) is 8.16. The fourth-order valence-electron chi connectivity index (χ4n) is 2.22. The lowest BCUT2D eigenvalue weighted by Crippen LogP contribution is -2.26. The van der Waals surface area contributed by atoms with Crippen molar-refractivity contribution >= 4 is 17.7 Å². The molecule has 0 atom stereocenters. The molecule has 130 valence electrons. The molecular formula is C17H25N5OS. The van der Waals surface area contributed by atoms with E-state index in [1.165, 1.54) is 17.3 Å². The minimum atomic E-state index is 0.0146. The van der Waals surface area contributed by atoms with Crippen LogP contribution in [0, 0.1) is 0 Å². The molecule has 7 heteroatoms. The number of thioether (sulfide) groups is 1. The van der Waals surface area contributed by atoms with Crippen molar-refractivity contribution in [1.29, 1.82) is 0 Å². The predicted octanol–water partition coefficient (Wildman–Crippen LogP) is 3.18. The van der Waals surface area contributed by atoms with Gasteiger partial charge in [0.15, 0.2) is 0 Å². The summed E-state index contributed by atoms with van der Waals surface area (Å²) in [5, 5.41) is 15.3. The lowest BCUT2D eigenvalue weighted by atomic mass is 10.0. The average Bonchev–Trinajstić information content (AvgIpc) is 3.05. The number of nitrogens with zero attached hydrogens (tertiary/aromatic N) is 4. The molecular weight excluding hydrogens is 322 g/mol. The Morgan fingerprint density at radius 1 is 1.25 bits per heavy atom. The first-order chi connectivity index (χ1) is 11.6. The highest BCUT2D eigenvalue weighted by Crippen LogP contribution is 2.20. The van der Waals surface area contributed by atoms with Crippen molar-refractivity contribution in [2.75, 3.05) is 12.3 Å². The normalized spacial score (nSPS) is 11.0. The van der Waals surface area contributed by atoms with Gasteiger partial charge in [0.05, 0.1) is 11.4 Å². The van der Waals surface area contributed by atoms with Gasteiger partial charge in [-0.1, -0.05) is 57.5 Å². The largest absolute Gasteiger partial charge is 0.355 e. The Labute approximate surface area is 147 Å². The highest BCUT2D eigenvalue weighted by molar-refractivity contribution is 7.99. The molecule has 0 aliphatic carbocycles. The van der Waals surface area contributed by atoms with E-state index in [4.69, 9.17) is 0 Å². The summed E-state index contributed by atoms with van der Waals surface area (Å²) in [4.78, 5) is 11.9. The maximum Gasteiger partial charge on any atom is 0.230 e. The first-order valence-electron chi connectivity index (χ1n) is 8.40. The minimum absolute atomic E-state index is 0.0146.